The van der Waals surface area contributed by atoms with Crippen molar-refractivity contribution < 1.29 is 19.1 Å². The predicted molar refractivity (Wildman–Crippen MR) is 174 cm³/mol. The van der Waals surface area contributed by atoms with E-state index in [4.69, 9.17) is 9.47 Å². The summed E-state index contributed by atoms with van der Waals surface area (Å²) in [6, 6.07) is 34.9. The Hall–Kier alpha value is -3.59. The van der Waals surface area contributed by atoms with Gasteiger partial charge >= 0.3 is 0 Å². The minimum atomic E-state index is -1.27. The van der Waals surface area contributed by atoms with Crippen molar-refractivity contribution in [3.8, 4) is 5.75 Å². The van der Waals surface area contributed by atoms with E-state index in [1.54, 1.807) is 16.7 Å². The lowest BCUT2D eigenvalue weighted by atomic mass is 9.91. The van der Waals surface area contributed by atoms with Crippen molar-refractivity contribution in [1.82, 2.24) is 4.90 Å². The normalized spacial score (nSPS) is 25.4. The second-order valence-electron chi connectivity index (χ2n) is 11.0. The molecule has 2 heterocycles. The van der Waals surface area contributed by atoms with Crippen molar-refractivity contribution in [3.05, 3.63) is 130 Å². The average molecular weight is 658 g/mol. The highest BCUT2D eigenvalue weighted by atomic mass is 79.9. The largest absolute Gasteiger partial charge is 0.489 e. The Morgan fingerprint density at radius 1 is 0.907 bits per heavy atom. The van der Waals surface area contributed by atoms with Gasteiger partial charge in [0, 0.05) is 22.8 Å². The van der Waals surface area contributed by atoms with Gasteiger partial charge in [0.25, 0.3) is 5.91 Å². The van der Waals surface area contributed by atoms with Crippen molar-refractivity contribution in [2.24, 2.45) is 0 Å². The van der Waals surface area contributed by atoms with E-state index in [1.807, 2.05) is 123 Å². The molecule has 2 amide bonds. The first kappa shape index (κ1) is 29.5. The molecular weight excluding hydrogens is 624 g/mol. The number of rotatable bonds is 8. The van der Waals surface area contributed by atoms with Gasteiger partial charge in [-0.25, -0.2) is 0 Å². The Morgan fingerprint density at radius 3 is 2.21 bits per heavy atom. The smallest absolute Gasteiger partial charge is 0.265 e. The van der Waals surface area contributed by atoms with Gasteiger partial charge in [0.05, 0.1) is 12.1 Å². The molecule has 6 nitrogen and oxygen atoms in total. The number of halogens is 1. The molecule has 6 rings (SSSR count). The van der Waals surface area contributed by atoms with Crippen LogP contribution in [0.15, 0.2) is 114 Å². The number of hydrogen-bond donors (Lipinski definition) is 0. The summed E-state index contributed by atoms with van der Waals surface area (Å²) in [4.78, 5) is 30.1. The van der Waals surface area contributed by atoms with Crippen LogP contribution in [0.5, 0.6) is 5.75 Å². The number of carbonyl (C=O) groups excluding carboxylic acids is 2. The number of benzene rings is 4. The molecule has 0 spiro atoms. The molecule has 0 bridgehead atoms. The molecule has 2 saturated heterocycles. The highest BCUT2D eigenvalue weighted by Gasteiger charge is 2.57. The second-order valence-corrected chi connectivity index (χ2v) is 13.5. The second kappa shape index (κ2) is 12.2. The maximum Gasteiger partial charge on any atom is 0.265 e. The van der Waals surface area contributed by atoms with E-state index >= 15 is 0 Å². The van der Waals surface area contributed by atoms with E-state index in [9.17, 15) is 9.59 Å². The van der Waals surface area contributed by atoms with Crippen molar-refractivity contribution in [2.45, 2.75) is 48.8 Å². The molecule has 43 heavy (non-hydrogen) atoms. The van der Waals surface area contributed by atoms with E-state index < -0.39 is 10.2 Å². The number of amides is 2. The predicted octanol–water partition coefficient (Wildman–Crippen LogP) is 7.55. The Kier molecular flexibility index (Phi) is 8.36. The molecule has 5 atom stereocenters. The Balaban J connectivity index is 1.36. The summed E-state index contributed by atoms with van der Waals surface area (Å²) in [7, 11) is 1.81. The molecule has 220 valence electrons. The fourth-order valence-electron chi connectivity index (χ4n) is 5.78. The fraction of sp³-hybridized carbons (Fsp3) is 0.257. The van der Waals surface area contributed by atoms with Gasteiger partial charge in [0.15, 0.2) is 4.93 Å². The summed E-state index contributed by atoms with van der Waals surface area (Å²) in [6.45, 7) is 4.17. The summed E-state index contributed by atoms with van der Waals surface area (Å²) < 4.78 is 13.9. The first-order chi connectivity index (χ1) is 20.8. The van der Waals surface area contributed by atoms with Crippen LogP contribution in [0.25, 0.3) is 0 Å². The van der Waals surface area contributed by atoms with E-state index in [2.05, 4.69) is 15.9 Å². The topological polar surface area (TPSA) is 59.1 Å². The number of anilines is 1. The fourth-order valence-corrected chi connectivity index (χ4v) is 7.62. The molecule has 4 aromatic rings. The third-order valence-corrected chi connectivity index (χ3v) is 10.1. The summed E-state index contributed by atoms with van der Waals surface area (Å²) in [6.07, 6.45) is -0.335. The summed E-state index contributed by atoms with van der Waals surface area (Å²) in [5, 5.41) is -0.576. The van der Waals surface area contributed by atoms with Crippen molar-refractivity contribution >= 4 is 45.2 Å². The summed E-state index contributed by atoms with van der Waals surface area (Å²) in [5.41, 5.74) is 3.70. The molecule has 0 aromatic heterocycles. The highest BCUT2D eigenvalue weighted by molar-refractivity contribution is 9.10. The van der Waals surface area contributed by atoms with Crippen LogP contribution in [0.1, 0.15) is 42.7 Å². The number of para-hydroxylation sites is 1. The van der Waals surface area contributed by atoms with Crippen LogP contribution in [-0.4, -0.2) is 40.0 Å². The molecular formula is C35H33BrN2O4S. The molecule has 0 N–H and O–H groups in total. The quantitative estimate of drug-likeness (QED) is 0.183. The maximum atomic E-state index is 14.0. The number of β-lactam (4-membered cyclic amide) rings is 1. The Bertz CT molecular complexity index is 1610. The number of hydrogen-bond acceptors (Lipinski definition) is 5. The van der Waals surface area contributed by atoms with Crippen LogP contribution in [0, 0.1) is 0 Å². The van der Waals surface area contributed by atoms with Gasteiger partial charge in [-0.1, -0.05) is 101 Å². The third kappa shape index (κ3) is 5.71. The zero-order valence-corrected chi connectivity index (χ0v) is 26.6. The molecule has 2 fully saturated rings. The van der Waals surface area contributed by atoms with Gasteiger partial charge in [-0.3, -0.25) is 9.59 Å². The van der Waals surface area contributed by atoms with Gasteiger partial charge in [-0.15, -0.1) is 11.8 Å². The number of morpholine rings is 1. The van der Waals surface area contributed by atoms with Gasteiger partial charge in [0.2, 0.25) is 5.91 Å². The zero-order chi connectivity index (χ0) is 30.1. The van der Waals surface area contributed by atoms with E-state index in [1.165, 1.54) is 11.8 Å². The lowest BCUT2D eigenvalue weighted by Crippen LogP contribution is -2.62. The van der Waals surface area contributed by atoms with Gasteiger partial charge in [0.1, 0.15) is 23.7 Å². The number of ether oxygens (including phenoxy) is 2. The zero-order valence-electron chi connectivity index (χ0n) is 24.2. The molecule has 0 aliphatic carbocycles. The SMILES string of the molecule is C[C@H]1[C@@H](c2ccccc2)O[C@](C)(S[C@@H]2C(=O)N(c3ccccc3)[C@@H]2c2ccc(Br)cc2OCc2ccccc2)C(=O)N1C. The molecule has 4 aromatic carbocycles. The van der Waals surface area contributed by atoms with Crippen LogP contribution >= 0.6 is 27.7 Å². The first-order valence-corrected chi connectivity index (χ1v) is 16.0. The highest BCUT2D eigenvalue weighted by Crippen LogP contribution is 2.53. The van der Waals surface area contributed by atoms with Crippen LogP contribution in [0.3, 0.4) is 0 Å². The van der Waals surface area contributed by atoms with E-state index in [0.29, 0.717) is 12.4 Å². The maximum absolute atomic E-state index is 14.0. The Labute approximate surface area is 265 Å². The minimum absolute atomic E-state index is 0.0757. The van der Waals surface area contributed by atoms with Crippen molar-refractivity contribution in [1.29, 1.82) is 0 Å². The standard InChI is InChI=1S/C35H33BrN2O4S/c1-23-31(25-15-9-5-10-16-25)42-35(2,34(40)37(23)3)43-32-30(38(33(32)39)27-17-11-6-12-18-27)28-20-19-26(36)21-29(28)41-22-24-13-7-4-8-14-24/h4-21,23,30-32H,22H2,1-3H3/t23-,30+,31-,32-,35+/m0/s1. The van der Waals surface area contributed by atoms with Crippen LogP contribution in [0.4, 0.5) is 5.69 Å². The lowest BCUT2D eigenvalue weighted by molar-refractivity contribution is -0.173. The van der Waals surface area contributed by atoms with Gasteiger partial charge in [-0.2, -0.15) is 0 Å². The van der Waals surface area contributed by atoms with Crippen LogP contribution in [0.2, 0.25) is 0 Å². The third-order valence-electron chi connectivity index (χ3n) is 8.20. The molecule has 0 unspecified atom stereocenters. The molecule has 0 saturated carbocycles. The van der Waals surface area contributed by atoms with Gasteiger partial charge in [-0.05, 0) is 49.2 Å². The minimum Gasteiger partial charge on any atom is -0.489 e. The van der Waals surface area contributed by atoms with Crippen LogP contribution in [-0.2, 0) is 20.9 Å². The number of carbonyl (C=O) groups is 2. The molecule has 0 radical (unpaired) electrons. The van der Waals surface area contributed by atoms with Gasteiger partial charge < -0.3 is 19.3 Å². The number of thioether (sulfide) groups is 1. The van der Waals surface area contributed by atoms with E-state index in [0.717, 1.165) is 26.9 Å². The van der Waals surface area contributed by atoms with E-state index in [-0.39, 0.29) is 30.0 Å². The summed E-state index contributed by atoms with van der Waals surface area (Å²) in [5.74, 6) is 0.447. The molecule has 2 aliphatic rings. The van der Waals surface area contributed by atoms with Crippen molar-refractivity contribution in [3.63, 3.8) is 0 Å². The van der Waals surface area contributed by atoms with Crippen molar-refractivity contribution in [2.75, 3.05) is 11.9 Å². The lowest BCUT2D eigenvalue weighted by Gasteiger charge is -2.52. The average Bonchev–Trinajstić information content (AvgIpc) is 3.04. The number of likely N-dealkylation sites (N-methyl/N-ethyl adjacent to an activating group) is 1. The Morgan fingerprint density at radius 2 is 1.53 bits per heavy atom. The summed E-state index contributed by atoms with van der Waals surface area (Å²) >= 11 is 4.89. The van der Waals surface area contributed by atoms with Crippen LogP contribution < -0.4 is 9.64 Å². The molecule has 8 heteroatoms. The number of nitrogens with zero attached hydrogens (tertiary/aromatic N) is 2. The first-order valence-electron chi connectivity index (χ1n) is 14.3. The molecule has 2 aliphatic heterocycles. The monoisotopic (exact) mass is 656 g/mol.